The maximum atomic E-state index is 12.0. The quantitative estimate of drug-likeness (QED) is 0.592. The number of nitro groups is 1. The van der Waals surface area contributed by atoms with Gasteiger partial charge in [0.1, 0.15) is 5.56 Å². The molecule has 0 aromatic heterocycles. The summed E-state index contributed by atoms with van der Waals surface area (Å²) in [5.41, 5.74) is 0.332. The fourth-order valence-electron chi connectivity index (χ4n) is 2.42. The highest BCUT2D eigenvalue weighted by Crippen LogP contribution is 2.39. The highest BCUT2D eigenvalue weighted by Gasteiger charge is 2.37. The largest absolute Gasteiger partial charge is 0.445 e. The van der Waals surface area contributed by atoms with E-state index in [0.29, 0.717) is 15.6 Å². The first-order chi connectivity index (χ1) is 11.9. The minimum atomic E-state index is -1.01. The minimum Gasteiger partial charge on any atom is -0.445 e. The number of benzene rings is 2. The lowest BCUT2D eigenvalue weighted by Crippen LogP contribution is -2.25. The summed E-state index contributed by atoms with van der Waals surface area (Å²) in [4.78, 5) is 22.6. The summed E-state index contributed by atoms with van der Waals surface area (Å²) in [7, 11) is 0. The SMILES string of the molecule is CC(=O)N1N=C(c2ccccc2[N+](=O)[O-])O[C@@H]1c1c(Cl)cccc1Cl. The molecule has 7 nitrogen and oxygen atoms in total. The molecule has 1 aliphatic rings. The second kappa shape index (κ2) is 6.70. The molecule has 0 saturated heterocycles. The van der Waals surface area contributed by atoms with Gasteiger partial charge >= 0.3 is 0 Å². The van der Waals surface area contributed by atoms with Crippen molar-refractivity contribution in [3.8, 4) is 0 Å². The average molecular weight is 380 g/mol. The molecule has 9 heteroatoms. The van der Waals surface area contributed by atoms with E-state index in [1.807, 2.05) is 0 Å². The molecule has 0 fully saturated rings. The molecule has 1 aliphatic heterocycles. The summed E-state index contributed by atoms with van der Waals surface area (Å²) >= 11 is 12.4. The van der Waals surface area contributed by atoms with Crippen molar-refractivity contribution in [3.63, 3.8) is 0 Å². The third kappa shape index (κ3) is 3.16. The molecule has 1 amide bonds. The Kier molecular flexibility index (Phi) is 4.61. The zero-order chi connectivity index (χ0) is 18.1. The lowest BCUT2D eigenvalue weighted by Gasteiger charge is -2.21. The number of hydrogen-bond acceptors (Lipinski definition) is 5. The minimum absolute atomic E-state index is 0.0523. The smallest absolute Gasteiger partial charge is 0.282 e. The first-order valence-electron chi connectivity index (χ1n) is 7.13. The number of rotatable bonds is 3. The molecule has 128 valence electrons. The Labute approximate surface area is 152 Å². The summed E-state index contributed by atoms with van der Waals surface area (Å²) in [6.45, 7) is 1.30. The molecule has 3 rings (SSSR count). The van der Waals surface area contributed by atoms with E-state index in [9.17, 15) is 14.9 Å². The molecular formula is C16H11Cl2N3O4. The van der Waals surface area contributed by atoms with Crippen LogP contribution in [0.25, 0.3) is 0 Å². The molecule has 2 aromatic carbocycles. The Hall–Kier alpha value is -2.64. The maximum Gasteiger partial charge on any atom is 0.282 e. The van der Waals surface area contributed by atoms with Crippen molar-refractivity contribution in [1.29, 1.82) is 0 Å². The van der Waals surface area contributed by atoms with Gasteiger partial charge in [-0.2, -0.15) is 5.01 Å². The van der Waals surface area contributed by atoms with Crippen molar-refractivity contribution in [1.82, 2.24) is 5.01 Å². The molecule has 1 atom stereocenters. The van der Waals surface area contributed by atoms with Crippen molar-refractivity contribution in [3.05, 3.63) is 73.8 Å². The van der Waals surface area contributed by atoms with Crippen molar-refractivity contribution < 1.29 is 14.5 Å². The number of nitrogens with zero attached hydrogens (tertiary/aromatic N) is 3. The summed E-state index contributed by atoms with van der Waals surface area (Å²) in [6, 6.07) is 10.8. The molecule has 0 spiro atoms. The van der Waals surface area contributed by atoms with Crippen LogP contribution in [0.1, 0.15) is 24.3 Å². The lowest BCUT2D eigenvalue weighted by molar-refractivity contribution is -0.385. The lowest BCUT2D eigenvalue weighted by atomic mass is 10.1. The molecule has 25 heavy (non-hydrogen) atoms. The Morgan fingerprint density at radius 1 is 1.20 bits per heavy atom. The Morgan fingerprint density at radius 3 is 2.44 bits per heavy atom. The van der Waals surface area contributed by atoms with Crippen molar-refractivity contribution in [2.24, 2.45) is 5.10 Å². The molecular weight excluding hydrogens is 369 g/mol. The molecule has 0 aliphatic carbocycles. The second-order valence-corrected chi connectivity index (χ2v) is 5.96. The van der Waals surface area contributed by atoms with Gasteiger partial charge in [0.25, 0.3) is 5.69 Å². The van der Waals surface area contributed by atoms with Gasteiger partial charge in [-0.3, -0.25) is 14.9 Å². The van der Waals surface area contributed by atoms with Gasteiger partial charge in [-0.15, -0.1) is 5.10 Å². The molecule has 0 N–H and O–H groups in total. The zero-order valence-electron chi connectivity index (χ0n) is 12.8. The normalized spacial score (nSPS) is 16.4. The third-order valence-electron chi connectivity index (χ3n) is 3.54. The molecule has 0 radical (unpaired) electrons. The number of halogens is 2. The summed E-state index contributed by atoms with van der Waals surface area (Å²) in [6.07, 6.45) is -1.01. The summed E-state index contributed by atoms with van der Waals surface area (Å²) in [5, 5.41) is 17.0. The van der Waals surface area contributed by atoms with Crippen LogP contribution in [0.4, 0.5) is 5.69 Å². The van der Waals surface area contributed by atoms with Gasteiger partial charge in [0.15, 0.2) is 0 Å². The molecule has 0 saturated carbocycles. The molecule has 0 unspecified atom stereocenters. The number of carbonyl (C=O) groups is 1. The zero-order valence-corrected chi connectivity index (χ0v) is 14.4. The van der Waals surface area contributed by atoms with Gasteiger partial charge in [-0.25, -0.2) is 0 Å². The van der Waals surface area contributed by atoms with Gasteiger partial charge in [-0.05, 0) is 18.2 Å². The second-order valence-electron chi connectivity index (χ2n) is 5.15. The number of ether oxygens (including phenoxy) is 1. The van der Waals surface area contributed by atoms with E-state index in [-0.39, 0.29) is 17.1 Å². The van der Waals surface area contributed by atoms with Crippen LogP contribution in [-0.2, 0) is 9.53 Å². The predicted octanol–water partition coefficient (Wildman–Crippen LogP) is 4.14. The van der Waals surface area contributed by atoms with E-state index in [1.54, 1.807) is 24.3 Å². The molecule has 1 heterocycles. The van der Waals surface area contributed by atoms with Gasteiger partial charge in [-0.1, -0.05) is 41.4 Å². The average Bonchev–Trinajstić information content (AvgIpc) is 2.99. The highest BCUT2D eigenvalue weighted by atomic mass is 35.5. The van der Waals surface area contributed by atoms with Crippen LogP contribution in [0.5, 0.6) is 0 Å². The van der Waals surface area contributed by atoms with Gasteiger partial charge < -0.3 is 4.74 Å². The van der Waals surface area contributed by atoms with Crippen LogP contribution in [0, 0.1) is 10.1 Å². The summed E-state index contributed by atoms with van der Waals surface area (Å²) in [5.74, 6) is -0.474. The van der Waals surface area contributed by atoms with Crippen LogP contribution in [0.2, 0.25) is 10.0 Å². The fraction of sp³-hybridized carbons (Fsp3) is 0.125. The van der Waals surface area contributed by atoms with Gasteiger partial charge in [0.2, 0.25) is 18.0 Å². The number of para-hydroxylation sites is 1. The van der Waals surface area contributed by atoms with Crippen LogP contribution in [0.15, 0.2) is 47.6 Å². The van der Waals surface area contributed by atoms with E-state index in [4.69, 9.17) is 27.9 Å². The van der Waals surface area contributed by atoms with E-state index in [1.165, 1.54) is 25.1 Å². The Morgan fingerprint density at radius 2 is 1.84 bits per heavy atom. The fourth-order valence-corrected chi connectivity index (χ4v) is 3.01. The highest BCUT2D eigenvalue weighted by molar-refractivity contribution is 6.36. The Balaban J connectivity index is 2.08. The molecule has 0 bridgehead atoms. The third-order valence-corrected chi connectivity index (χ3v) is 4.20. The number of amides is 1. The van der Waals surface area contributed by atoms with Gasteiger partial charge in [0, 0.05) is 13.0 Å². The number of hydrazone groups is 1. The number of carbonyl (C=O) groups excluding carboxylic acids is 1. The predicted molar refractivity (Wildman–Crippen MR) is 92.4 cm³/mol. The van der Waals surface area contributed by atoms with E-state index in [2.05, 4.69) is 5.10 Å². The van der Waals surface area contributed by atoms with Crippen molar-refractivity contribution in [2.45, 2.75) is 13.2 Å². The first kappa shape index (κ1) is 17.2. The monoisotopic (exact) mass is 379 g/mol. The van der Waals surface area contributed by atoms with Crippen LogP contribution in [0.3, 0.4) is 0 Å². The number of nitro benzene ring substituents is 1. The van der Waals surface area contributed by atoms with E-state index >= 15 is 0 Å². The molecule has 2 aromatic rings. The first-order valence-corrected chi connectivity index (χ1v) is 7.88. The van der Waals surface area contributed by atoms with E-state index in [0.717, 1.165) is 5.01 Å². The van der Waals surface area contributed by atoms with Crippen molar-refractivity contribution >= 4 is 40.7 Å². The van der Waals surface area contributed by atoms with Crippen LogP contribution >= 0.6 is 23.2 Å². The standard InChI is InChI=1S/C16H11Cl2N3O4/c1-9(22)20-16(14-11(17)6-4-7-12(14)18)25-15(19-20)10-5-2-3-8-13(10)21(23)24/h2-8,16H,1H3/t16-/m1/s1. The van der Waals surface area contributed by atoms with Gasteiger partial charge in [0.05, 0.1) is 20.5 Å². The topological polar surface area (TPSA) is 85.0 Å². The maximum absolute atomic E-state index is 12.0. The van der Waals surface area contributed by atoms with E-state index < -0.39 is 17.1 Å². The Bertz CT molecular complexity index is 880. The van der Waals surface area contributed by atoms with Crippen molar-refractivity contribution in [2.75, 3.05) is 0 Å². The van der Waals surface area contributed by atoms with Crippen LogP contribution in [-0.4, -0.2) is 21.7 Å². The summed E-state index contributed by atoms with van der Waals surface area (Å²) < 4.78 is 5.74. The number of hydrogen-bond donors (Lipinski definition) is 0. The van der Waals surface area contributed by atoms with Crippen LogP contribution < -0.4 is 0 Å².